The third-order valence-electron chi connectivity index (χ3n) is 6.06. The van der Waals surface area contributed by atoms with Crippen LogP contribution in [-0.4, -0.2) is 40.5 Å². The van der Waals surface area contributed by atoms with Crippen LogP contribution in [0.2, 0.25) is 0 Å². The highest BCUT2D eigenvalue weighted by molar-refractivity contribution is 7.80. The van der Waals surface area contributed by atoms with Gasteiger partial charge in [-0.25, -0.2) is 4.79 Å². The first-order valence-electron chi connectivity index (χ1n) is 11.6. The normalized spacial score (nSPS) is 16.8. The molecule has 0 radical (unpaired) electrons. The van der Waals surface area contributed by atoms with Crippen molar-refractivity contribution in [3.8, 4) is 11.3 Å². The van der Waals surface area contributed by atoms with E-state index in [9.17, 15) is 9.59 Å². The van der Waals surface area contributed by atoms with Crippen molar-refractivity contribution in [2.45, 2.75) is 12.1 Å². The molecule has 2 aromatic carbocycles. The largest absolute Gasteiger partial charge is 0.465 e. The number of benzene rings is 2. The lowest BCUT2D eigenvalue weighted by Gasteiger charge is -2.25. The van der Waals surface area contributed by atoms with Crippen LogP contribution in [0, 0.1) is 0 Å². The lowest BCUT2D eigenvalue weighted by atomic mass is 10.0. The first kappa shape index (κ1) is 24.2. The van der Waals surface area contributed by atoms with Crippen LogP contribution in [0.25, 0.3) is 11.3 Å². The molecule has 1 saturated heterocycles. The SMILES string of the molecule is COC(=O)c1cccc(-c2ccc([C@H]3[C@H](c4ccccn4)NC(=S)N3CC(=O)Nc3ccccc3)o2)c1. The monoisotopic (exact) mass is 512 g/mol. The number of hydrogen-bond acceptors (Lipinski definition) is 6. The summed E-state index contributed by atoms with van der Waals surface area (Å²) < 4.78 is 11.1. The van der Waals surface area contributed by atoms with Gasteiger partial charge in [-0.15, -0.1) is 0 Å². The Balaban J connectivity index is 1.46. The summed E-state index contributed by atoms with van der Waals surface area (Å²) in [5, 5.41) is 6.65. The number of esters is 1. The Labute approximate surface area is 219 Å². The van der Waals surface area contributed by atoms with Gasteiger partial charge in [0.05, 0.1) is 24.4 Å². The van der Waals surface area contributed by atoms with Gasteiger partial charge in [0.25, 0.3) is 0 Å². The third-order valence-corrected chi connectivity index (χ3v) is 6.41. The van der Waals surface area contributed by atoms with E-state index in [0.717, 1.165) is 11.3 Å². The van der Waals surface area contributed by atoms with Crippen LogP contribution in [0.4, 0.5) is 5.69 Å². The van der Waals surface area contributed by atoms with Gasteiger partial charge in [0.15, 0.2) is 5.11 Å². The van der Waals surface area contributed by atoms with Crippen molar-refractivity contribution >= 4 is 34.9 Å². The number of nitrogens with one attached hydrogen (secondary N) is 2. The van der Waals surface area contributed by atoms with Crippen molar-refractivity contribution in [3.63, 3.8) is 0 Å². The topological polar surface area (TPSA) is 96.7 Å². The van der Waals surface area contributed by atoms with Gasteiger partial charge >= 0.3 is 5.97 Å². The fourth-order valence-electron chi connectivity index (χ4n) is 4.35. The molecule has 37 heavy (non-hydrogen) atoms. The fourth-order valence-corrected chi connectivity index (χ4v) is 4.65. The molecule has 5 rings (SSSR count). The highest BCUT2D eigenvalue weighted by Crippen LogP contribution is 2.40. The van der Waals surface area contributed by atoms with E-state index in [1.807, 2.05) is 66.7 Å². The molecule has 2 aromatic heterocycles. The Morgan fingerprint density at radius 3 is 2.62 bits per heavy atom. The van der Waals surface area contributed by atoms with Gasteiger partial charge in [-0.3, -0.25) is 9.78 Å². The van der Waals surface area contributed by atoms with Crippen LogP contribution in [0.3, 0.4) is 0 Å². The Hall–Kier alpha value is -4.50. The number of thiocarbonyl (C=S) groups is 1. The number of pyridine rings is 1. The van der Waals surface area contributed by atoms with E-state index in [2.05, 4.69) is 15.6 Å². The number of anilines is 1. The number of amides is 1. The highest BCUT2D eigenvalue weighted by atomic mass is 32.1. The molecule has 0 aliphatic carbocycles. The molecule has 0 spiro atoms. The maximum Gasteiger partial charge on any atom is 0.337 e. The zero-order chi connectivity index (χ0) is 25.8. The van der Waals surface area contributed by atoms with Crippen molar-refractivity contribution in [1.82, 2.24) is 15.2 Å². The second-order valence-corrected chi connectivity index (χ2v) is 8.83. The minimum Gasteiger partial charge on any atom is -0.465 e. The number of ether oxygens (including phenoxy) is 1. The van der Waals surface area contributed by atoms with Crippen molar-refractivity contribution in [2.75, 3.05) is 19.0 Å². The molecule has 9 heteroatoms. The van der Waals surface area contributed by atoms with Gasteiger partial charge in [-0.1, -0.05) is 36.4 Å². The summed E-state index contributed by atoms with van der Waals surface area (Å²) >= 11 is 5.65. The molecule has 186 valence electrons. The minimum absolute atomic E-state index is 0.0165. The molecule has 1 amide bonds. The van der Waals surface area contributed by atoms with Crippen molar-refractivity contribution in [3.05, 3.63) is 108 Å². The van der Waals surface area contributed by atoms with Crippen LogP contribution < -0.4 is 10.6 Å². The summed E-state index contributed by atoms with van der Waals surface area (Å²) in [5.41, 5.74) is 2.62. The number of carbonyl (C=O) groups is 2. The van der Waals surface area contributed by atoms with E-state index in [-0.39, 0.29) is 18.5 Å². The van der Waals surface area contributed by atoms with Crippen LogP contribution in [-0.2, 0) is 9.53 Å². The number of furan rings is 1. The molecule has 1 aliphatic rings. The van der Waals surface area contributed by atoms with Gasteiger partial charge in [-0.05, 0) is 60.7 Å². The summed E-state index contributed by atoms with van der Waals surface area (Å²) in [7, 11) is 1.34. The van der Waals surface area contributed by atoms with Crippen LogP contribution in [0.1, 0.15) is 33.9 Å². The van der Waals surface area contributed by atoms with Crippen LogP contribution in [0.5, 0.6) is 0 Å². The number of rotatable bonds is 7. The molecule has 1 fully saturated rings. The zero-order valence-electron chi connectivity index (χ0n) is 20.0. The van der Waals surface area contributed by atoms with E-state index in [1.54, 1.807) is 29.3 Å². The fraction of sp³-hybridized carbons (Fsp3) is 0.143. The second-order valence-electron chi connectivity index (χ2n) is 8.44. The van der Waals surface area contributed by atoms with Gasteiger partial charge < -0.3 is 24.7 Å². The molecular formula is C28H24N4O4S. The predicted octanol–water partition coefficient (Wildman–Crippen LogP) is 4.74. The molecule has 4 aromatic rings. The van der Waals surface area contributed by atoms with E-state index in [0.29, 0.717) is 27.9 Å². The van der Waals surface area contributed by atoms with Gasteiger partial charge in [-0.2, -0.15) is 0 Å². The number of methoxy groups -OCH3 is 1. The van der Waals surface area contributed by atoms with E-state index >= 15 is 0 Å². The molecule has 0 saturated carbocycles. The molecule has 2 atom stereocenters. The summed E-state index contributed by atoms with van der Waals surface area (Å²) in [6, 6.07) is 24.9. The van der Waals surface area contributed by atoms with Crippen LogP contribution in [0.15, 0.2) is 95.5 Å². The first-order chi connectivity index (χ1) is 18.0. The number of carbonyl (C=O) groups excluding carboxylic acids is 2. The van der Waals surface area contributed by atoms with Crippen molar-refractivity contribution in [1.29, 1.82) is 0 Å². The Morgan fingerprint density at radius 1 is 1.05 bits per heavy atom. The molecule has 8 nitrogen and oxygen atoms in total. The number of nitrogens with zero attached hydrogens (tertiary/aromatic N) is 2. The quantitative estimate of drug-likeness (QED) is 0.271. The lowest BCUT2D eigenvalue weighted by Crippen LogP contribution is -2.36. The minimum atomic E-state index is -0.429. The summed E-state index contributed by atoms with van der Waals surface area (Å²) in [5.74, 6) is 0.547. The Bertz CT molecular complexity index is 1420. The number of hydrogen-bond donors (Lipinski definition) is 2. The van der Waals surface area contributed by atoms with E-state index in [4.69, 9.17) is 21.4 Å². The third kappa shape index (κ3) is 5.22. The zero-order valence-corrected chi connectivity index (χ0v) is 20.8. The molecule has 0 bridgehead atoms. The highest BCUT2D eigenvalue weighted by Gasteiger charge is 2.42. The first-order valence-corrected chi connectivity index (χ1v) is 12.1. The maximum atomic E-state index is 13.0. The standard InChI is InChI=1S/C28H24N4O4S/c1-35-27(34)19-9-7-8-18(16-19)22-13-14-23(36-22)26-25(21-12-5-6-15-29-21)31-28(37)32(26)17-24(33)30-20-10-3-2-4-11-20/h2-16,25-26H,17H2,1H3,(H,30,33)(H,31,37)/t25-,26-/m0/s1. The molecule has 2 N–H and O–H groups in total. The maximum absolute atomic E-state index is 13.0. The molecule has 0 unspecified atom stereocenters. The molecular weight excluding hydrogens is 488 g/mol. The predicted molar refractivity (Wildman–Crippen MR) is 143 cm³/mol. The summed E-state index contributed by atoms with van der Waals surface area (Å²) in [4.78, 5) is 31.3. The second kappa shape index (κ2) is 10.6. The molecule has 1 aliphatic heterocycles. The number of para-hydroxylation sites is 1. The van der Waals surface area contributed by atoms with Crippen molar-refractivity contribution < 1.29 is 18.7 Å². The van der Waals surface area contributed by atoms with E-state index < -0.39 is 12.0 Å². The van der Waals surface area contributed by atoms with Gasteiger partial charge in [0.1, 0.15) is 24.1 Å². The average Bonchev–Trinajstić information content (AvgIpc) is 3.54. The average molecular weight is 513 g/mol. The number of aromatic nitrogens is 1. The van der Waals surface area contributed by atoms with Crippen LogP contribution >= 0.6 is 12.2 Å². The van der Waals surface area contributed by atoms with Gasteiger partial charge in [0.2, 0.25) is 5.91 Å². The summed E-state index contributed by atoms with van der Waals surface area (Å²) in [6.07, 6.45) is 1.72. The Kier molecular flexibility index (Phi) is 6.96. The van der Waals surface area contributed by atoms with Crippen molar-refractivity contribution in [2.24, 2.45) is 0 Å². The van der Waals surface area contributed by atoms with E-state index in [1.165, 1.54) is 7.11 Å². The molecule has 3 heterocycles. The van der Waals surface area contributed by atoms with Gasteiger partial charge in [0, 0.05) is 17.4 Å². The smallest absolute Gasteiger partial charge is 0.337 e. The lowest BCUT2D eigenvalue weighted by molar-refractivity contribution is -0.116. The summed E-state index contributed by atoms with van der Waals surface area (Å²) in [6.45, 7) is 0.0165. The Morgan fingerprint density at radius 2 is 1.86 bits per heavy atom.